The molecular weight excluding hydrogens is 467 g/mol. The molecule has 2 aromatic carbocycles. The van der Waals surface area contributed by atoms with E-state index in [-0.39, 0.29) is 11.3 Å². The quantitative estimate of drug-likeness (QED) is 0.128. The summed E-state index contributed by atoms with van der Waals surface area (Å²) in [6, 6.07) is 11.2. The van der Waals surface area contributed by atoms with Gasteiger partial charge in [-0.3, -0.25) is 0 Å². The van der Waals surface area contributed by atoms with Gasteiger partial charge in [-0.15, -0.1) is 0 Å². The molecule has 4 nitrogen and oxygen atoms in total. The number of esters is 1. The minimum absolute atomic E-state index is 0.150. The summed E-state index contributed by atoms with van der Waals surface area (Å²) in [6.07, 6.45) is 16.0. The third kappa shape index (κ3) is 10.0. The second-order valence-electron chi connectivity index (χ2n) is 10.4. The Morgan fingerprint density at radius 1 is 0.784 bits per heavy atom. The third-order valence-corrected chi connectivity index (χ3v) is 7.42. The molecule has 0 N–H and O–H groups in total. The molecule has 0 heterocycles. The van der Waals surface area contributed by atoms with E-state index in [9.17, 15) is 9.18 Å². The molecule has 0 amide bonds. The average Bonchev–Trinajstić information content (AvgIpc) is 2.91. The molecule has 1 aliphatic rings. The standard InChI is InChI=1S/C32H45FO4/c1-3-5-6-7-10-22-36-31-21-16-27(24-30(31)33)32(34)37-29-19-17-28(18-20-29)35-23-11-15-26-14-9-8-13-25(26)12-4-2/h16-21,24-26H,3-15,22-23H2,1-2H3. The number of unbranched alkanes of at least 4 members (excludes halogenated alkanes) is 4. The second kappa shape index (κ2) is 16.3. The lowest BCUT2D eigenvalue weighted by Crippen LogP contribution is -2.20. The van der Waals surface area contributed by atoms with Crippen LogP contribution in [0, 0.1) is 17.7 Å². The Balaban J connectivity index is 1.39. The molecule has 3 rings (SSSR count). The van der Waals surface area contributed by atoms with Gasteiger partial charge in [0.05, 0.1) is 18.8 Å². The van der Waals surface area contributed by atoms with E-state index < -0.39 is 11.8 Å². The fourth-order valence-electron chi connectivity index (χ4n) is 5.35. The topological polar surface area (TPSA) is 44.8 Å². The van der Waals surface area contributed by atoms with Crippen LogP contribution in [0.1, 0.15) is 108 Å². The fourth-order valence-corrected chi connectivity index (χ4v) is 5.35. The van der Waals surface area contributed by atoms with Crippen LogP contribution in [0.2, 0.25) is 0 Å². The van der Waals surface area contributed by atoms with E-state index in [4.69, 9.17) is 14.2 Å². The second-order valence-corrected chi connectivity index (χ2v) is 10.4. The van der Waals surface area contributed by atoms with Gasteiger partial charge in [0.15, 0.2) is 11.6 Å². The van der Waals surface area contributed by atoms with Crippen LogP contribution < -0.4 is 14.2 Å². The largest absolute Gasteiger partial charge is 0.494 e. The molecule has 0 aromatic heterocycles. The van der Waals surface area contributed by atoms with Gasteiger partial charge in [0.2, 0.25) is 0 Å². The summed E-state index contributed by atoms with van der Waals surface area (Å²) in [5.74, 6) is 1.91. The van der Waals surface area contributed by atoms with E-state index in [2.05, 4.69) is 13.8 Å². The molecule has 0 saturated heterocycles. The predicted molar refractivity (Wildman–Crippen MR) is 147 cm³/mol. The van der Waals surface area contributed by atoms with Gasteiger partial charge in [-0.2, -0.15) is 0 Å². The highest BCUT2D eigenvalue weighted by Gasteiger charge is 2.23. The summed E-state index contributed by atoms with van der Waals surface area (Å²) < 4.78 is 31.3. The third-order valence-electron chi connectivity index (χ3n) is 7.42. The summed E-state index contributed by atoms with van der Waals surface area (Å²) in [6.45, 7) is 5.63. The van der Waals surface area contributed by atoms with E-state index >= 15 is 0 Å². The Morgan fingerprint density at radius 2 is 1.46 bits per heavy atom. The minimum Gasteiger partial charge on any atom is -0.494 e. The van der Waals surface area contributed by atoms with Crippen molar-refractivity contribution in [2.24, 2.45) is 11.8 Å². The van der Waals surface area contributed by atoms with Crippen molar-refractivity contribution in [3.63, 3.8) is 0 Å². The number of ether oxygens (including phenoxy) is 3. The van der Waals surface area contributed by atoms with Gasteiger partial charge in [0.25, 0.3) is 0 Å². The van der Waals surface area contributed by atoms with Crippen LogP contribution in [0.15, 0.2) is 42.5 Å². The Hall–Kier alpha value is -2.56. The van der Waals surface area contributed by atoms with E-state index in [0.29, 0.717) is 19.0 Å². The maximum absolute atomic E-state index is 14.4. The first-order valence-corrected chi connectivity index (χ1v) is 14.5. The predicted octanol–water partition coefficient (Wildman–Crippen LogP) is 9.16. The number of benzene rings is 2. The number of hydrogen-bond donors (Lipinski definition) is 0. The number of halogens is 1. The lowest BCUT2D eigenvalue weighted by atomic mass is 9.75. The van der Waals surface area contributed by atoms with Crippen LogP contribution in [0.3, 0.4) is 0 Å². The smallest absolute Gasteiger partial charge is 0.343 e. The summed E-state index contributed by atoms with van der Waals surface area (Å²) in [7, 11) is 0. The molecule has 204 valence electrons. The zero-order valence-electron chi connectivity index (χ0n) is 22.8. The first-order valence-electron chi connectivity index (χ1n) is 14.5. The number of hydrogen-bond acceptors (Lipinski definition) is 4. The van der Waals surface area contributed by atoms with Crippen molar-refractivity contribution < 1.29 is 23.4 Å². The molecule has 1 saturated carbocycles. The normalized spacial score (nSPS) is 17.4. The summed E-state index contributed by atoms with van der Waals surface area (Å²) in [5.41, 5.74) is 0.150. The van der Waals surface area contributed by atoms with Gasteiger partial charge in [-0.1, -0.05) is 78.1 Å². The van der Waals surface area contributed by atoms with Crippen molar-refractivity contribution in [1.29, 1.82) is 0 Å². The minimum atomic E-state index is -0.604. The average molecular weight is 513 g/mol. The maximum atomic E-state index is 14.4. The Labute approximate surface area is 222 Å². The molecular formula is C32H45FO4. The molecule has 0 radical (unpaired) electrons. The SMILES string of the molecule is CCCCCCCOc1ccc(C(=O)Oc2ccc(OCCCC3CCCCC3CCC)cc2)cc1F. The van der Waals surface area contributed by atoms with E-state index in [1.54, 1.807) is 24.3 Å². The van der Waals surface area contributed by atoms with Crippen LogP contribution in [-0.4, -0.2) is 19.2 Å². The van der Waals surface area contributed by atoms with Crippen molar-refractivity contribution in [1.82, 2.24) is 0 Å². The monoisotopic (exact) mass is 512 g/mol. The van der Waals surface area contributed by atoms with Crippen LogP contribution in [0.25, 0.3) is 0 Å². The molecule has 5 heteroatoms. The molecule has 1 aliphatic carbocycles. The number of rotatable bonds is 16. The Morgan fingerprint density at radius 3 is 2.16 bits per heavy atom. The number of carbonyl (C=O) groups is 1. The van der Waals surface area contributed by atoms with Crippen molar-refractivity contribution in [3.8, 4) is 17.2 Å². The summed E-state index contributed by atoms with van der Waals surface area (Å²) in [5, 5.41) is 0. The Kier molecular flexibility index (Phi) is 12.8. The molecule has 2 unspecified atom stereocenters. The van der Waals surface area contributed by atoms with Crippen LogP contribution in [0.5, 0.6) is 17.2 Å². The maximum Gasteiger partial charge on any atom is 0.343 e. The van der Waals surface area contributed by atoms with Gasteiger partial charge < -0.3 is 14.2 Å². The highest BCUT2D eigenvalue weighted by Crippen LogP contribution is 2.36. The van der Waals surface area contributed by atoms with Crippen molar-refractivity contribution >= 4 is 5.97 Å². The van der Waals surface area contributed by atoms with Crippen molar-refractivity contribution in [2.45, 2.75) is 97.3 Å². The van der Waals surface area contributed by atoms with Gasteiger partial charge in [-0.05, 0) is 73.6 Å². The first kappa shape index (κ1) is 29.0. The van der Waals surface area contributed by atoms with Gasteiger partial charge in [-0.25, -0.2) is 9.18 Å². The number of carbonyl (C=O) groups excluding carboxylic acids is 1. The lowest BCUT2D eigenvalue weighted by molar-refractivity contribution is 0.0734. The highest BCUT2D eigenvalue weighted by molar-refractivity contribution is 5.91. The van der Waals surface area contributed by atoms with E-state index in [1.165, 1.54) is 82.4 Å². The van der Waals surface area contributed by atoms with Crippen molar-refractivity contribution in [3.05, 3.63) is 53.8 Å². The molecule has 0 aliphatic heterocycles. The molecule has 37 heavy (non-hydrogen) atoms. The first-order chi connectivity index (χ1) is 18.1. The van der Waals surface area contributed by atoms with Crippen LogP contribution in [-0.2, 0) is 0 Å². The van der Waals surface area contributed by atoms with Crippen molar-refractivity contribution in [2.75, 3.05) is 13.2 Å². The fraction of sp³-hybridized carbons (Fsp3) is 0.594. The van der Waals surface area contributed by atoms with E-state index in [0.717, 1.165) is 36.8 Å². The van der Waals surface area contributed by atoms with Gasteiger partial charge in [0.1, 0.15) is 11.5 Å². The van der Waals surface area contributed by atoms with Gasteiger partial charge >= 0.3 is 5.97 Å². The Bertz CT molecular complexity index is 925. The van der Waals surface area contributed by atoms with Crippen LogP contribution in [0.4, 0.5) is 4.39 Å². The lowest BCUT2D eigenvalue weighted by Gasteiger charge is -2.31. The van der Waals surface area contributed by atoms with E-state index in [1.807, 2.05) is 0 Å². The molecule has 2 atom stereocenters. The molecule has 2 aromatic rings. The van der Waals surface area contributed by atoms with Gasteiger partial charge in [0, 0.05) is 0 Å². The molecule has 0 bridgehead atoms. The summed E-state index contributed by atoms with van der Waals surface area (Å²) in [4.78, 5) is 12.5. The molecule has 0 spiro atoms. The zero-order valence-corrected chi connectivity index (χ0v) is 22.8. The molecule has 1 fully saturated rings. The summed E-state index contributed by atoms with van der Waals surface area (Å²) >= 11 is 0. The highest BCUT2D eigenvalue weighted by atomic mass is 19.1. The van der Waals surface area contributed by atoms with Crippen LogP contribution >= 0.6 is 0 Å². The zero-order chi connectivity index (χ0) is 26.3.